The first kappa shape index (κ1) is 13.9. The molecule has 0 saturated heterocycles. The van der Waals surface area contributed by atoms with Crippen molar-refractivity contribution in [2.24, 2.45) is 5.73 Å². The lowest BCUT2D eigenvalue weighted by Crippen LogP contribution is -2.26. The Balaban J connectivity index is 2.72. The molecule has 4 nitrogen and oxygen atoms in total. The molecule has 0 aromatic heterocycles. The van der Waals surface area contributed by atoms with Crippen LogP contribution in [0.5, 0.6) is 0 Å². The van der Waals surface area contributed by atoms with Crippen LogP contribution in [0.3, 0.4) is 0 Å². The molecule has 0 fully saturated rings. The molecular formula is C11H16N2O2S2. The van der Waals surface area contributed by atoms with Gasteiger partial charge in [0.2, 0.25) is 10.0 Å². The Bertz CT molecular complexity index is 481. The number of nitrogens with one attached hydrogen (secondary N) is 1. The summed E-state index contributed by atoms with van der Waals surface area (Å²) in [4.78, 5) is -0.0416. The summed E-state index contributed by atoms with van der Waals surface area (Å²) in [5.41, 5.74) is 6.92. The summed E-state index contributed by atoms with van der Waals surface area (Å²) in [6.45, 7) is 2.10. The van der Waals surface area contributed by atoms with E-state index >= 15 is 0 Å². The minimum atomic E-state index is -3.48. The molecule has 0 saturated carbocycles. The topological polar surface area (TPSA) is 72.2 Å². The molecule has 1 rings (SSSR count). The number of nitrogens with two attached hydrogens (primary N) is 1. The first-order valence-electron chi connectivity index (χ1n) is 5.30. The van der Waals surface area contributed by atoms with Gasteiger partial charge in [-0.05, 0) is 24.1 Å². The summed E-state index contributed by atoms with van der Waals surface area (Å²) in [7, 11) is -3.48. The van der Waals surface area contributed by atoms with Crippen LogP contribution in [0.1, 0.15) is 18.9 Å². The molecule has 0 aliphatic heterocycles. The Morgan fingerprint density at radius 3 is 2.41 bits per heavy atom. The Kier molecular flexibility index (Phi) is 4.89. The van der Waals surface area contributed by atoms with Crippen LogP contribution in [0.4, 0.5) is 5.69 Å². The summed E-state index contributed by atoms with van der Waals surface area (Å²) in [5, 5.41) is 0. The van der Waals surface area contributed by atoms with E-state index in [0.29, 0.717) is 5.69 Å². The third kappa shape index (κ3) is 5.14. The van der Waals surface area contributed by atoms with Gasteiger partial charge in [-0.25, -0.2) is 8.42 Å². The largest absolute Gasteiger partial charge is 0.392 e. The summed E-state index contributed by atoms with van der Waals surface area (Å²) in [6.07, 6.45) is 2.05. The summed E-state index contributed by atoms with van der Waals surface area (Å²) >= 11 is 4.57. The molecule has 0 bridgehead atoms. The molecular weight excluding hydrogens is 256 g/mol. The minimum absolute atomic E-state index is 0.0416. The van der Waals surface area contributed by atoms with E-state index in [1.807, 2.05) is 12.1 Å². The van der Waals surface area contributed by atoms with Gasteiger partial charge >= 0.3 is 0 Å². The van der Waals surface area contributed by atoms with Crippen LogP contribution >= 0.6 is 12.2 Å². The SMILES string of the molecule is CCCc1ccc(NS(=O)(=O)CC(N)=S)cc1. The Morgan fingerprint density at radius 2 is 1.94 bits per heavy atom. The summed E-state index contributed by atoms with van der Waals surface area (Å²) in [6, 6.07) is 7.29. The average Bonchev–Trinajstić information content (AvgIpc) is 2.18. The maximum absolute atomic E-state index is 11.5. The maximum atomic E-state index is 11.5. The van der Waals surface area contributed by atoms with Gasteiger partial charge in [0.1, 0.15) is 5.75 Å². The Hall–Kier alpha value is -1.14. The third-order valence-corrected chi connectivity index (χ3v) is 3.66. The number of hydrogen-bond donors (Lipinski definition) is 2. The molecule has 0 unspecified atom stereocenters. The van der Waals surface area contributed by atoms with Crippen molar-refractivity contribution in [3.05, 3.63) is 29.8 Å². The van der Waals surface area contributed by atoms with Gasteiger partial charge in [-0.2, -0.15) is 0 Å². The molecule has 0 radical (unpaired) electrons. The standard InChI is InChI=1S/C11H16N2O2S2/c1-2-3-9-4-6-10(7-5-9)13-17(14,15)8-11(12)16/h4-7,13H,2-3,8H2,1H3,(H2,12,16). The van der Waals surface area contributed by atoms with Crippen molar-refractivity contribution in [3.63, 3.8) is 0 Å². The lowest BCUT2D eigenvalue weighted by Gasteiger charge is -2.07. The highest BCUT2D eigenvalue weighted by Crippen LogP contribution is 2.12. The molecule has 0 heterocycles. The lowest BCUT2D eigenvalue weighted by molar-refractivity contribution is 0.605. The number of hydrogen-bond acceptors (Lipinski definition) is 3. The number of sulfonamides is 1. The Morgan fingerprint density at radius 1 is 1.35 bits per heavy atom. The molecule has 3 N–H and O–H groups in total. The zero-order valence-corrected chi connectivity index (χ0v) is 11.3. The van der Waals surface area contributed by atoms with Crippen LogP contribution in [-0.4, -0.2) is 19.2 Å². The van der Waals surface area contributed by atoms with E-state index in [4.69, 9.17) is 5.73 Å². The highest BCUT2D eigenvalue weighted by Gasteiger charge is 2.11. The average molecular weight is 272 g/mol. The fourth-order valence-electron chi connectivity index (χ4n) is 1.43. The molecule has 1 aromatic rings. The molecule has 17 heavy (non-hydrogen) atoms. The van der Waals surface area contributed by atoms with Crippen LogP contribution in [0.25, 0.3) is 0 Å². The Labute approximate surface area is 107 Å². The van der Waals surface area contributed by atoms with Crippen molar-refractivity contribution in [2.45, 2.75) is 19.8 Å². The second-order valence-corrected chi connectivity index (χ2v) is 6.02. The van der Waals surface area contributed by atoms with E-state index in [1.165, 1.54) is 5.56 Å². The number of aryl methyl sites for hydroxylation is 1. The lowest BCUT2D eigenvalue weighted by atomic mass is 10.1. The number of anilines is 1. The van der Waals surface area contributed by atoms with Crippen molar-refractivity contribution >= 4 is 32.9 Å². The van der Waals surface area contributed by atoms with Crippen molar-refractivity contribution < 1.29 is 8.42 Å². The van der Waals surface area contributed by atoms with E-state index in [9.17, 15) is 8.42 Å². The van der Waals surface area contributed by atoms with Gasteiger partial charge in [-0.1, -0.05) is 37.7 Å². The molecule has 1 aromatic carbocycles. The van der Waals surface area contributed by atoms with Gasteiger partial charge in [-0.15, -0.1) is 0 Å². The first-order chi connectivity index (χ1) is 7.93. The molecule has 0 atom stereocenters. The van der Waals surface area contributed by atoms with E-state index < -0.39 is 10.0 Å². The van der Waals surface area contributed by atoms with E-state index in [0.717, 1.165) is 12.8 Å². The van der Waals surface area contributed by atoms with Crippen LogP contribution in [0, 0.1) is 0 Å². The van der Waals surface area contributed by atoms with Crippen LogP contribution in [0.15, 0.2) is 24.3 Å². The van der Waals surface area contributed by atoms with Crippen LogP contribution in [0.2, 0.25) is 0 Å². The fourth-order valence-corrected chi connectivity index (χ4v) is 2.84. The number of rotatable bonds is 6. The van der Waals surface area contributed by atoms with Gasteiger partial charge in [0.25, 0.3) is 0 Å². The highest BCUT2D eigenvalue weighted by atomic mass is 32.2. The van der Waals surface area contributed by atoms with Crippen molar-refractivity contribution in [1.29, 1.82) is 0 Å². The van der Waals surface area contributed by atoms with Gasteiger partial charge in [-0.3, -0.25) is 4.72 Å². The van der Waals surface area contributed by atoms with Crippen molar-refractivity contribution in [3.8, 4) is 0 Å². The minimum Gasteiger partial charge on any atom is -0.392 e. The second-order valence-electron chi connectivity index (χ2n) is 3.77. The normalized spacial score (nSPS) is 11.1. The zero-order chi connectivity index (χ0) is 12.9. The molecule has 0 aliphatic rings. The molecule has 94 valence electrons. The number of benzene rings is 1. The molecule has 6 heteroatoms. The summed E-state index contributed by atoms with van der Waals surface area (Å²) < 4.78 is 25.5. The third-order valence-electron chi connectivity index (χ3n) is 2.10. The summed E-state index contributed by atoms with van der Waals surface area (Å²) in [5.74, 6) is -0.334. The second kappa shape index (κ2) is 5.97. The highest BCUT2D eigenvalue weighted by molar-refractivity contribution is 7.95. The smallest absolute Gasteiger partial charge is 0.239 e. The van der Waals surface area contributed by atoms with Crippen molar-refractivity contribution in [1.82, 2.24) is 0 Å². The number of thiocarbonyl (C=S) groups is 1. The van der Waals surface area contributed by atoms with Gasteiger partial charge < -0.3 is 5.73 Å². The maximum Gasteiger partial charge on any atom is 0.239 e. The molecule has 0 spiro atoms. The van der Waals surface area contributed by atoms with Crippen LogP contribution < -0.4 is 10.5 Å². The monoisotopic (exact) mass is 272 g/mol. The van der Waals surface area contributed by atoms with E-state index in [1.54, 1.807) is 12.1 Å². The fraction of sp³-hybridized carbons (Fsp3) is 0.364. The van der Waals surface area contributed by atoms with Gasteiger partial charge in [0.05, 0.1) is 4.99 Å². The first-order valence-corrected chi connectivity index (χ1v) is 7.37. The molecule has 0 amide bonds. The van der Waals surface area contributed by atoms with E-state index in [-0.39, 0.29) is 10.7 Å². The molecule has 0 aliphatic carbocycles. The predicted molar refractivity (Wildman–Crippen MR) is 74.6 cm³/mol. The van der Waals surface area contributed by atoms with Gasteiger partial charge in [0.15, 0.2) is 0 Å². The zero-order valence-electron chi connectivity index (χ0n) is 9.64. The quantitative estimate of drug-likeness (QED) is 0.773. The van der Waals surface area contributed by atoms with Gasteiger partial charge in [0, 0.05) is 5.69 Å². The van der Waals surface area contributed by atoms with Crippen molar-refractivity contribution in [2.75, 3.05) is 10.5 Å². The predicted octanol–water partition coefficient (Wildman–Crippen LogP) is 1.67. The van der Waals surface area contributed by atoms with Crippen LogP contribution in [-0.2, 0) is 16.4 Å². The van der Waals surface area contributed by atoms with E-state index in [2.05, 4.69) is 23.9 Å².